The fourth-order valence-corrected chi connectivity index (χ4v) is 3.19. The van der Waals surface area contributed by atoms with Gasteiger partial charge >= 0.3 is 0 Å². The zero-order valence-corrected chi connectivity index (χ0v) is 9.66. The van der Waals surface area contributed by atoms with Gasteiger partial charge in [-0.05, 0) is 6.42 Å². The van der Waals surface area contributed by atoms with Crippen LogP contribution in [0.2, 0.25) is 0 Å². The number of aromatic nitrogens is 2. The molecule has 7 heteroatoms. The highest BCUT2D eigenvalue weighted by Crippen LogP contribution is 2.23. The third-order valence-corrected chi connectivity index (χ3v) is 4.05. The maximum atomic E-state index is 11.2. The maximum absolute atomic E-state index is 11.2. The number of rotatable bonds is 2. The molecule has 0 bridgehead atoms. The number of aryl methyl sites for hydroxylation is 1. The largest absolute Gasteiger partial charge is 0.278 e. The summed E-state index contributed by atoms with van der Waals surface area (Å²) in [6, 6.07) is 0. The summed E-state index contributed by atoms with van der Waals surface area (Å²) in [7, 11) is 1.57. The molecular formula is C7H7ClN2O2S2. The van der Waals surface area contributed by atoms with E-state index in [1.807, 2.05) is 12.3 Å². The van der Waals surface area contributed by atoms with Gasteiger partial charge in [-0.15, -0.1) is 11.3 Å². The highest BCUT2D eigenvalue weighted by atomic mass is 35.7. The molecule has 0 unspecified atom stereocenters. The van der Waals surface area contributed by atoms with Crippen LogP contribution in [0.1, 0.15) is 12.6 Å². The first kappa shape index (κ1) is 9.95. The predicted molar refractivity (Wildman–Crippen MR) is 55.5 cm³/mol. The molecule has 0 spiro atoms. The van der Waals surface area contributed by atoms with Gasteiger partial charge in [0.05, 0.1) is 6.20 Å². The van der Waals surface area contributed by atoms with Gasteiger partial charge in [0.25, 0.3) is 9.05 Å². The zero-order chi connectivity index (χ0) is 10.3. The Hall–Kier alpha value is -0.590. The summed E-state index contributed by atoms with van der Waals surface area (Å²) in [5.74, 6) is 0. The molecule has 0 aliphatic carbocycles. The molecule has 2 rings (SSSR count). The van der Waals surface area contributed by atoms with Gasteiger partial charge in [0, 0.05) is 21.8 Å². The summed E-state index contributed by atoms with van der Waals surface area (Å²) in [5.41, 5.74) is 0.904. The molecule has 0 aliphatic heterocycles. The number of halogens is 1. The lowest BCUT2D eigenvalue weighted by molar-refractivity contribution is 0.604. The van der Waals surface area contributed by atoms with E-state index in [1.54, 1.807) is 4.40 Å². The molecule has 76 valence electrons. The monoisotopic (exact) mass is 250 g/mol. The maximum Gasteiger partial charge on any atom is 0.278 e. The van der Waals surface area contributed by atoms with Crippen LogP contribution in [0.4, 0.5) is 0 Å². The molecule has 14 heavy (non-hydrogen) atoms. The van der Waals surface area contributed by atoms with Gasteiger partial charge in [-0.3, -0.25) is 4.40 Å². The van der Waals surface area contributed by atoms with Crippen molar-refractivity contribution < 1.29 is 8.42 Å². The molecule has 0 aromatic carbocycles. The van der Waals surface area contributed by atoms with Gasteiger partial charge in [-0.2, -0.15) is 0 Å². The van der Waals surface area contributed by atoms with Crippen LogP contribution in [0, 0.1) is 0 Å². The summed E-state index contributed by atoms with van der Waals surface area (Å²) in [4.78, 5) is 4.63. The molecule has 2 heterocycles. The Bertz CT molecular complexity index is 570. The second-order valence-corrected chi connectivity index (χ2v) is 6.08. The predicted octanol–water partition coefficient (Wildman–Crippen LogP) is 1.89. The average molecular weight is 251 g/mol. The summed E-state index contributed by atoms with van der Waals surface area (Å²) in [5, 5.41) is 1.93. The molecule has 0 amide bonds. The van der Waals surface area contributed by atoms with Gasteiger partial charge < -0.3 is 0 Å². The Morgan fingerprint density at radius 1 is 1.64 bits per heavy atom. The number of imidazole rings is 1. The van der Waals surface area contributed by atoms with Crippen molar-refractivity contribution in [3.63, 3.8) is 0 Å². The van der Waals surface area contributed by atoms with Gasteiger partial charge in [-0.25, -0.2) is 13.4 Å². The minimum absolute atomic E-state index is 0.0484. The van der Waals surface area contributed by atoms with Crippen LogP contribution in [0.5, 0.6) is 0 Å². The van der Waals surface area contributed by atoms with Crippen LogP contribution in [-0.2, 0) is 15.5 Å². The summed E-state index contributed by atoms with van der Waals surface area (Å²) >= 11 is 1.40. The number of hydrogen-bond acceptors (Lipinski definition) is 4. The van der Waals surface area contributed by atoms with E-state index < -0.39 is 9.05 Å². The van der Waals surface area contributed by atoms with Crippen molar-refractivity contribution >= 4 is 36.0 Å². The van der Waals surface area contributed by atoms with Crippen LogP contribution in [-0.4, -0.2) is 17.8 Å². The molecule has 0 saturated carbocycles. The van der Waals surface area contributed by atoms with E-state index in [9.17, 15) is 8.42 Å². The Balaban J connectivity index is 2.84. The van der Waals surface area contributed by atoms with E-state index in [2.05, 4.69) is 4.98 Å². The number of fused-ring (bicyclic) bond motifs is 1. The average Bonchev–Trinajstić information content (AvgIpc) is 2.59. The Morgan fingerprint density at radius 3 is 2.93 bits per heavy atom. The Kier molecular flexibility index (Phi) is 2.29. The summed E-state index contributed by atoms with van der Waals surface area (Å²) in [6.45, 7) is 1.95. The van der Waals surface area contributed by atoms with Gasteiger partial charge in [-0.1, -0.05) is 6.92 Å². The lowest BCUT2D eigenvalue weighted by Gasteiger charge is -1.97. The van der Waals surface area contributed by atoms with E-state index in [-0.39, 0.29) is 5.03 Å². The van der Waals surface area contributed by atoms with Crippen LogP contribution in [0.25, 0.3) is 4.96 Å². The topological polar surface area (TPSA) is 51.4 Å². The van der Waals surface area contributed by atoms with Crippen molar-refractivity contribution in [3.8, 4) is 0 Å². The van der Waals surface area contributed by atoms with E-state index in [0.717, 1.165) is 12.1 Å². The first-order valence-corrected chi connectivity index (χ1v) is 7.11. The quantitative estimate of drug-likeness (QED) is 0.765. The first-order chi connectivity index (χ1) is 6.54. The number of nitrogens with zero attached hydrogens (tertiary/aromatic N) is 2. The van der Waals surface area contributed by atoms with E-state index >= 15 is 0 Å². The van der Waals surface area contributed by atoms with Crippen LogP contribution in [0.3, 0.4) is 0 Å². The molecule has 2 aromatic heterocycles. The zero-order valence-electron chi connectivity index (χ0n) is 7.27. The Morgan fingerprint density at radius 2 is 2.36 bits per heavy atom. The summed E-state index contributed by atoms with van der Waals surface area (Å²) in [6.07, 6.45) is 2.03. The molecular weight excluding hydrogens is 244 g/mol. The smallest absolute Gasteiger partial charge is 0.277 e. The van der Waals surface area contributed by atoms with Crippen LogP contribution in [0.15, 0.2) is 16.6 Å². The van der Waals surface area contributed by atoms with Crippen LogP contribution >= 0.6 is 22.0 Å². The SMILES string of the molecule is CCc1csc2ncc(S(=O)(=O)Cl)n12. The number of hydrogen-bond donors (Lipinski definition) is 0. The van der Waals surface area contributed by atoms with Crippen molar-refractivity contribution in [2.75, 3.05) is 0 Å². The minimum Gasteiger partial charge on any atom is -0.277 e. The molecule has 0 fully saturated rings. The minimum atomic E-state index is -3.71. The molecule has 4 nitrogen and oxygen atoms in total. The second-order valence-electron chi connectivity index (χ2n) is 2.73. The standard InChI is InChI=1S/C7H7ClN2O2S2/c1-2-5-4-13-7-9-3-6(10(5)7)14(8,11)12/h3-4H,2H2,1H3. The molecule has 0 aliphatic rings. The molecule has 0 radical (unpaired) electrons. The van der Waals surface area contributed by atoms with E-state index in [1.165, 1.54) is 17.5 Å². The molecule has 0 N–H and O–H groups in total. The van der Waals surface area contributed by atoms with Gasteiger partial charge in [0.15, 0.2) is 9.99 Å². The highest BCUT2D eigenvalue weighted by molar-refractivity contribution is 8.13. The van der Waals surface area contributed by atoms with E-state index in [4.69, 9.17) is 10.7 Å². The summed E-state index contributed by atoms with van der Waals surface area (Å²) < 4.78 is 23.9. The molecule has 0 atom stereocenters. The van der Waals surface area contributed by atoms with Gasteiger partial charge in [0.1, 0.15) is 0 Å². The number of thiazole rings is 1. The van der Waals surface area contributed by atoms with Crippen molar-refractivity contribution in [2.24, 2.45) is 0 Å². The second kappa shape index (κ2) is 3.22. The first-order valence-electron chi connectivity index (χ1n) is 3.92. The fourth-order valence-electron chi connectivity index (χ4n) is 1.25. The fraction of sp³-hybridized carbons (Fsp3) is 0.286. The lowest BCUT2D eigenvalue weighted by atomic mass is 10.4. The van der Waals surface area contributed by atoms with Gasteiger partial charge in [0.2, 0.25) is 0 Å². The molecule has 0 saturated heterocycles. The van der Waals surface area contributed by atoms with Crippen molar-refractivity contribution in [1.29, 1.82) is 0 Å². The highest BCUT2D eigenvalue weighted by Gasteiger charge is 2.18. The third-order valence-electron chi connectivity index (χ3n) is 1.90. The van der Waals surface area contributed by atoms with E-state index in [0.29, 0.717) is 4.96 Å². The third kappa shape index (κ3) is 1.43. The van der Waals surface area contributed by atoms with Crippen molar-refractivity contribution in [1.82, 2.24) is 9.38 Å². The van der Waals surface area contributed by atoms with Crippen molar-refractivity contribution in [3.05, 3.63) is 17.3 Å². The molecule has 2 aromatic rings. The Labute approximate surface area is 89.6 Å². The normalized spacial score (nSPS) is 12.4. The van der Waals surface area contributed by atoms with Crippen molar-refractivity contribution in [2.45, 2.75) is 18.4 Å². The van der Waals surface area contributed by atoms with Crippen LogP contribution < -0.4 is 0 Å². The lowest BCUT2D eigenvalue weighted by Crippen LogP contribution is -1.98.